The van der Waals surface area contributed by atoms with E-state index in [1.165, 1.54) is 9.13 Å². The lowest BCUT2D eigenvalue weighted by Gasteiger charge is -2.12. The number of ether oxygens (including phenoxy) is 1. The molecule has 0 spiro atoms. The third kappa shape index (κ3) is 3.06. The minimum atomic E-state index is -0.712. The highest BCUT2D eigenvalue weighted by atomic mass is 16.5. The fourth-order valence-corrected chi connectivity index (χ4v) is 1.89. The van der Waals surface area contributed by atoms with Gasteiger partial charge in [0.05, 0.1) is 19.3 Å². The van der Waals surface area contributed by atoms with Crippen LogP contribution in [0, 0.1) is 0 Å². The molecule has 1 unspecified atom stereocenters. The second-order valence-electron chi connectivity index (χ2n) is 4.36. The summed E-state index contributed by atoms with van der Waals surface area (Å²) in [5, 5.41) is 10.1. The van der Waals surface area contributed by atoms with E-state index in [2.05, 4.69) is 0 Å². The lowest BCUT2D eigenvalue weighted by atomic mass is 10.1. The number of aryl methyl sites for hydroxylation is 1. The Morgan fingerprint density at radius 3 is 2.47 bits per heavy atom. The Morgan fingerprint density at radius 2 is 1.95 bits per heavy atom. The topological polar surface area (TPSA) is 56.4 Å². The van der Waals surface area contributed by atoms with Crippen molar-refractivity contribution in [2.45, 2.75) is 19.6 Å². The smallest absolute Gasteiger partial charge is 0.327 e. The summed E-state index contributed by atoms with van der Waals surface area (Å²) in [5.74, 6) is 0.773. The highest BCUT2D eigenvalue weighted by Gasteiger charge is 2.10. The minimum Gasteiger partial charge on any atom is -0.494 e. The minimum absolute atomic E-state index is 0.134. The summed E-state index contributed by atoms with van der Waals surface area (Å²) in [6, 6.07) is 7.25. The molecular weight excluding hydrogens is 244 g/mol. The van der Waals surface area contributed by atoms with E-state index in [1.807, 2.05) is 31.2 Å². The number of imidazole rings is 1. The molecule has 0 saturated heterocycles. The number of aliphatic hydroxyl groups excluding tert-OH is 1. The quantitative estimate of drug-likeness (QED) is 0.884. The summed E-state index contributed by atoms with van der Waals surface area (Å²) in [4.78, 5) is 11.7. The van der Waals surface area contributed by atoms with E-state index < -0.39 is 6.10 Å². The average Bonchev–Trinajstić information content (AvgIpc) is 2.72. The highest BCUT2D eigenvalue weighted by molar-refractivity contribution is 5.28. The zero-order valence-corrected chi connectivity index (χ0v) is 11.1. The van der Waals surface area contributed by atoms with Crippen molar-refractivity contribution >= 4 is 0 Å². The average molecular weight is 262 g/mol. The molecule has 1 heterocycles. The van der Waals surface area contributed by atoms with Gasteiger partial charge in [0.2, 0.25) is 0 Å². The Bertz CT molecular complexity index is 583. The number of hydrogen-bond acceptors (Lipinski definition) is 3. The summed E-state index contributed by atoms with van der Waals surface area (Å²) in [7, 11) is 1.68. The van der Waals surface area contributed by atoms with Crippen LogP contribution in [0.5, 0.6) is 5.75 Å². The van der Waals surface area contributed by atoms with Gasteiger partial charge >= 0.3 is 5.69 Å². The van der Waals surface area contributed by atoms with E-state index >= 15 is 0 Å². The Kier molecular flexibility index (Phi) is 4.06. The van der Waals surface area contributed by atoms with Crippen molar-refractivity contribution in [3.8, 4) is 5.75 Å². The van der Waals surface area contributed by atoms with Crippen LogP contribution in [-0.2, 0) is 13.6 Å². The van der Waals surface area contributed by atoms with Gasteiger partial charge in [0.15, 0.2) is 0 Å². The second-order valence-corrected chi connectivity index (χ2v) is 4.36. The molecule has 5 heteroatoms. The molecule has 0 aliphatic heterocycles. The molecule has 0 bridgehead atoms. The molecule has 0 amide bonds. The summed E-state index contributed by atoms with van der Waals surface area (Å²) in [5.41, 5.74) is 0.629. The lowest BCUT2D eigenvalue weighted by molar-refractivity contribution is 0.155. The molecular formula is C14H18N2O3. The lowest BCUT2D eigenvalue weighted by Crippen LogP contribution is -2.24. The standard InChI is InChI=1S/C14H18N2O3/c1-3-19-12-6-4-11(5-7-12)13(17)10-16-9-8-15(2)14(16)18/h4-9,13,17H,3,10H2,1-2H3. The number of rotatable bonds is 5. The van der Waals surface area contributed by atoms with Crippen LogP contribution >= 0.6 is 0 Å². The van der Waals surface area contributed by atoms with E-state index in [0.717, 1.165) is 11.3 Å². The van der Waals surface area contributed by atoms with Gasteiger partial charge in [-0.05, 0) is 24.6 Å². The molecule has 0 fully saturated rings. The second kappa shape index (κ2) is 5.75. The molecule has 1 N–H and O–H groups in total. The van der Waals surface area contributed by atoms with Crippen molar-refractivity contribution in [2.75, 3.05) is 6.61 Å². The maximum absolute atomic E-state index is 11.7. The van der Waals surface area contributed by atoms with Crippen molar-refractivity contribution in [3.05, 3.63) is 52.7 Å². The van der Waals surface area contributed by atoms with Crippen LogP contribution in [0.25, 0.3) is 0 Å². The summed E-state index contributed by atoms with van der Waals surface area (Å²) in [6.07, 6.45) is 2.63. The van der Waals surface area contributed by atoms with Gasteiger partial charge in [0.25, 0.3) is 0 Å². The van der Waals surface area contributed by atoms with Crippen molar-refractivity contribution in [1.82, 2.24) is 9.13 Å². The molecule has 0 saturated carbocycles. The van der Waals surface area contributed by atoms with Gasteiger partial charge < -0.3 is 14.4 Å². The predicted octanol–water partition coefficient (Wildman–Crippen LogP) is 1.32. The fourth-order valence-electron chi connectivity index (χ4n) is 1.89. The highest BCUT2D eigenvalue weighted by Crippen LogP contribution is 2.18. The number of aliphatic hydroxyl groups is 1. The van der Waals surface area contributed by atoms with Gasteiger partial charge in [-0.25, -0.2) is 4.79 Å². The van der Waals surface area contributed by atoms with Gasteiger partial charge in [0, 0.05) is 19.4 Å². The normalized spacial score (nSPS) is 12.4. The number of benzene rings is 1. The van der Waals surface area contributed by atoms with Crippen molar-refractivity contribution in [1.29, 1.82) is 0 Å². The van der Waals surface area contributed by atoms with Gasteiger partial charge in [-0.3, -0.25) is 4.57 Å². The molecule has 0 aliphatic carbocycles. The van der Waals surface area contributed by atoms with Crippen LogP contribution in [0.4, 0.5) is 0 Å². The van der Waals surface area contributed by atoms with Gasteiger partial charge in [0.1, 0.15) is 5.75 Å². The first-order chi connectivity index (χ1) is 9.11. The van der Waals surface area contributed by atoms with Crippen LogP contribution in [0.1, 0.15) is 18.6 Å². The van der Waals surface area contributed by atoms with E-state index in [0.29, 0.717) is 6.61 Å². The van der Waals surface area contributed by atoms with Crippen molar-refractivity contribution in [3.63, 3.8) is 0 Å². The molecule has 1 aromatic heterocycles. The van der Waals surface area contributed by atoms with E-state index in [-0.39, 0.29) is 12.2 Å². The van der Waals surface area contributed by atoms with E-state index in [1.54, 1.807) is 19.4 Å². The molecule has 2 rings (SSSR count). The van der Waals surface area contributed by atoms with Crippen LogP contribution in [0.15, 0.2) is 41.5 Å². The third-order valence-electron chi connectivity index (χ3n) is 2.96. The number of nitrogens with zero attached hydrogens (tertiary/aromatic N) is 2. The van der Waals surface area contributed by atoms with Gasteiger partial charge in [-0.2, -0.15) is 0 Å². The molecule has 2 aromatic rings. The zero-order valence-electron chi connectivity index (χ0n) is 11.1. The molecule has 0 radical (unpaired) electrons. The maximum Gasteiger partial charge on any atom is 0.327 e. The molecule has 0 aliphatic rings. The van der Waals surface area contributed by atoms with Crippen molar-refractivity contribution in [2.24, 2.45) is 7.05 Å². The van der Waals surface area contributed by atoms with E-state index in [4.69, 9.17) is 4.74 Å². The van der Waals surface area contributed by atoms with Crippen LogP contribution in [-0.4, -0.2) is 20.8 Å². The number of hydrogen-bond donors (Lipinski definition) is 1. The molecule has 1 aromatic carbocycles. The van der Waals surface area contributed by atoms with Crippen LogP contribution < -0.4 is 10.4 Å². The summed E-state index contributed by atoms with van der Waals surface area (Å²) < 4.78 is 8.31. The van der Waals surface area contributed by atoms with Crippen LogP contribution in [0.2, 0.25) is 0 Å². The Hall–Kier alpha value is -2.01. The maximum atomic E-state index is 11.7. The largest absolute Gasteiger partial charge is 0.494 e. The fraction of sp³-hybridized carbons (Fsp3) is 0.357. The van der Waals surface area contributed by atoms with Crippen molar-refractivity contribution < 1.29 is 9.84 Å². The van der Waals surface area contributed by atoms with Gasteiger partial charge in [-0.1, -0.05) is 12.1 Å². The summed E-state index contributed by atoms with van der Waals surface area (Å²) in [6.45, 7) is 2.78. The Labute approximate surface area is 111 Å². The SMILES string of the molecule is CCOc1ccc(C(O)Cn2ccn(C)c2=O)cc1. The zero-order chi connectivity index (χ0) is 13.8. The van der Waals surface area contributed by atoms with Crippen LogP contribution in [0.3, 0.4) is 0 Å². The van der Waals surface area contributed by atoms with E-state index in [9.17, 15) is 9.90 Å². The molecule has 1 atom stereocenters. The first-order valence-corrected chi connectivity index (χ1v) is 6.24. The first kappa shape index (κ1) is 13.4. The Morgan fingerprint density at radius 1 is 1.26 bits per heavy atom. The number of aromatic nitrogens is 2. The molecule has 5 nitrogen and oxygen atoms in total. The molecule has 102 valence electrons. The molecule has 19 heavy (non-hydrogen) atoms. The first-order valence-electron chi connectivity index (χ1n) is 6.24. The third-order valence-corrected chi connectivity index (χ3v) is 2.96. The monoisotopic (exact) mass is 262 g/mol. The Balaban J connectivity index is 2.09. The van der Waals surface area contributed by atoms with Gasteiger partial charge in [-0.15, -0.1) is 0 Å². The predicted molar refractivity (Wildman–Crippen MR) is 72.2 cm³/mol. The summed E-state index contributed by atoms with van der Waals surface area (Å²) >= 11 is 0.